The fourth-order valence-corrected chi connectivity index (χ4v) is 8.92. The van der Waals surface area contributed by atoms with E-state index in [1.807, 2.05) is 0 Å². The van der Waals surface area contributed by atoms with Crippen molar-refractivity contribution in [2.75, 3.05) is 0 Å². The van der Waals surface area contributed by atoms with Crippen LogP contribution in [0.2, 0.25) is 0 Å². The normalized spacial score (nSPS) is 12.2. The average Bonchev–Trinajstić information content (AvgIpc) is 3.83. The molecule has 0 spiro atoms. The van der Waals surface area contributed by atoms with E-state index in [2.05, 4.69) is 185 Å². The maximum absolute atomic E-state index is 5.33. The number of nitrogens with zero attached hydrogens (tertiary/aromatic N) is 3. The summed E-state index contributed by atoms with van der Waals surface area (Å²) in [6.45, 7) is 0. The molecule has 0 saturated carbocycles. The van der Waals surface area contributed by atoms with Gasteiger partial charge in [0.1, 0.15) is 5.82 Å². The van der Waals surface area contributed by atoms with Gasteiger partial charge in [0, 0.05) is 32.6 Å². The van der Waals surface area contributed by atoms with Crippen molar-refractivity contribution in [1.82, 2.24) is 14.1 Å². The van der Waals surface area contributed by atoms with Gasteiger partial charge in [-0.2, -0.15) is 0 Å². The molecule has 3 heterocycles. The zero-order valence-electron chi connectivity index (χ0n) is 28.1. The van der Waals surface area contributed by atoms with Crippen molar-refractivity contribution in [2.24, 2.45) is 0 Å². The maximum atomic E-state index is 5.33. The van der Waals surface area contributed by atoms with Crippen LogP contribution < -0.4 is 0 Å². The molecule has 0 aliphatic heterocycles. The largest absolute Gasteiger partial charge is 0.309 e. The van der Waals surface area contributed by atoms with Crippen molar-refractivity contribution in [3.05, 3.63) is 176 Å². The van der Waals surface area contributed by atoms with Crippen LogP contribution in [0.5, 0.6) is 0 Å². The Hall–Kier alpha value is -6.97. The third-order valence-electron chi connectivity index (χ3n) is 11.2. The summed E-state index contributed by atoms with van der Waals surface area (Å²) in [5.41, 5.74) is 14.5. The van der Waals surface area contributed by atoms with E-state index in [0.29, 0.717) is 0 Å². The lowest BCUT2D eigenvalue weighted by Crippen LogP contribution is -1.98. The van der Waals surface area contributed by atoms with Crippen molar-refractivity contribution in [2.45, 2.75) is 0 Å². The molecular formula is C49H29N3. The van der Waals surface area contributed by atoms with Crippen LogP contribution in [-0.2, 0) is 0 Å². The third-order valence-corrected chi connectivity index (χ3v) is 11.2. The molecule has 0 saturated heterocycles. The predicted molar refractivity (Wildman–Crippen MR) is 218 cm³/mol. The highest BCUT2D eigenvalue weighted by Gasteiger charge is 2.24. The van der Waals surface area contributed by atoms with Gasteiger partial charge in [-0.3, -0.25) is 4.57 Å². The van der Waals surface area contributed by atoms with E-state index in [4.69, 9.17) is 4.98 Å². The molecule has 3 aromatic heterocycles. The molecule has 0 bridgehead atoms. The molecule has 1 aliphatic rings. The first kappa shape index (κ1) is 27.8. The molecule has 0 fully saturated rings. The Bertz CT molecular complexity index is 3290. The second kappa shape index (κ2) is 10.3. The average molecular weight is 660 g/mol. The zero-order chi connectivity index (χ0) is 33.9. The summed E-state index contributed by atoms with van der Waals surface area (Å²) in [6, 6.07) is 64.2. The number of benzene rings is 8. The zero-order valence-corrected chi connectivity index (χ0v) is 28.1. The van der Waals surface area contributed by atoms with Gasteiger partial charge >= 0.3 is 0 Å². The first-order chi connectivity index (χ1) is 25.8. The Kier molecular flexibility index (Phi) is 5.50. The van der Waals surface area contributed by atoms with E-state index in [9.17, 15) is 0 Å². The minimum Gasteiger partial charge on any atom is -0.309 e. The summed E-state index contributed by atoms with van der Waals surface area (Å²) in [5, 5.41) is 8.66. The lowest BCUT2D eigenvalue weighted by Gasteiger charge is -2.11. The summed E-state index contributed by atoms with van der Waals surface area (Å²) < 4.78 is 4.73. The molecule has 1 aliphatic carbocycles. The summed E-state index contributed by atoms with van der Waals surface area (Å²) in [6.07, 6.45) is 0. The first-order valence-electron chi connectivity index (χ1n) is 17.9. The van der Waals surface area contributed by atoms with Crippen molar-refractivity contribution < 1.29 is 0 Å². The molecule has 12 rings (SSSR count). The summed E-state index contributed by atoms with van der Waals surface area (Å²) in [7, 11) is 0. The molecule has 0 radical (unpaired) electrons. The Labute approximate surface area is 299 Å². The second-order valence-electron chi connectivity index (χ2n) is 14.0. The van der Waals surface area contributed by atoms with Crippen LogP contribution in [-0.4, -0.2) is 14.1 Å². The number of hydrogen-bond donors (Lipinski definition) is 0. The van der Waals surface area contributed by atoms with E-state index >= 15 is 0 Å². The minimum atomic E-state index is 0.946. The monoisotopic (exact) mass is 659 g/mol. The number of para-hydroxylation sites is 3. The van der Waals surface area contributed by atoms with Gasteiger partial charge in [0.05, 0.1) is 27.6 Å². The molecule has 0 N–H and O–H groups in total. The highest BCUT2D eigenvalue weighted by atomic mass is 15.1. The van der Waals surface area contributed by atoms with E-state index in [1.54, 1.807) is 0 Å². The lowest BCUT2D eigenvalue weighted by molar-refractivity contribution is 1.10. The maximum Gasteiger partial charge on any atom is 0.138 e. The Morgan fingerprint density at radius 2 is 0.981 bits per heavy atom. The second-order valence-corrected chi connectivity index (χ2v) is 14.0. The number of pyridine rings is 1. The molecule has 0 unspecified atom stereocenters. The number of rotatable bonds is 3. The van der Waals surface area contributed by atoms with Crippen LogP contribution in [0.4, 0.5) is 0 Å². The van der Waals surface area contributed by atoms with Crippen LogP contribution in [0, 0.1) is 0 Å². The quantitative estimate of drug-likeness (QED) is 0.185. The first-order valence-corrected chi connectivity index (χ1v) is 17.9. The standard InChI is InChI=1S/C49H29N3/c1-2-11-34(12-3-1)51-44-19-8-6-15-37(44)40-26-31(23-24-46(40)51)30-21-22-32-28-47-41(27-33(32)25-30)38-16-7-9-20-45(38)52(47)48-29-42-36-14-5-4-13-35(36)39-17-10-18-43(50-48)49(39)42/h1-29H. The van der Waals surface area contributed by atoms with Gasteiger partial charge in [-0.1, -0.05) is 109 Å². The molecule has 3 heteroatoms. The molecule has 11 aromatic rings. The van der Waals surface area contributed by atoms with Gasteiger partial charge < -0.3 is 4.57 Å². The van der Waals surface area contributed by atoms with E-state index in [1.165, 1.54) is 87.8 Å². The minimum absolute atomic E-state index is 0.946. The number of hydrogen-bond acceptors (Lipinski definition) is 1. The fourth-order valence-electron chi connectivity index (χ4n) is 8.92. The molecular weight excluding hydrogens is 631 g/mol. The van der Waals surface area contributed by atoms with Gasteiger partial charge in [0.2, 0.25) is 0 Å². The van der Waals surface area contributed by atoms with Gasteiger partial charge in [-0.05, 0) is 111 Å². The Morgan fingerprint density at radius 3 is 1.81 bits per heavy atom. The Balaban J connectivity index is 1.05. The molecule has 0 atom stereocenters. The van der Waals surface area contributed by atoms with E-state index < -0.39 is 0 Å². The highest BCUT2D eigenvalue weighted by Crippen LogP contribution is 2.48. The molecule has 3 nitrogen and oxygen atoms in total. The molecule has 8 aromatic carbocycles. The Morgan fingerprint density at radius 1 is 0.346 bits per heavy atom. The van der Waals surface area contributed by atoms with Gasteiger partial charge in [-0.15, -0.1) is 0 Å². The third kappa shape index (κ3) is 3.77. The SMILES string of the molecule is c1ccc(-n2c3ccccc3c3cc(-c4ccc5cc6c(cc5c4)c4ccccc4n6-c4cc5c6c(cccc6n4)-c4ccccc4-5)ccc32)cc1. The highest BCUT2D eigenvalue weighted by molar-refractivity contribution is 6.17. The summed E-state index contributed by atoms with van der Waals surface area (Å²) in [5.74, 6) is 0.946. The van der Waals surface area contributed by atoms with Crippen LogP contribution in [0.25, 0.3) is 110 Å². The van der Waals surface area contributed by atoms with Crippen molar-refractivity contribution in [3.8, 4) is 44.9 Å². The number of fused-ring (bicyclic) bond motifs is 10. The van der Waals surface area contributed by atoms with Gasteiger partial charge in [0.15, 0.2) is 0 Å². The summed E-state index contributed by atoms with van der Waals surface area (Å²) in [4.78, 5) is 5.33. The van der Waals surface area contributed by atoms with E-state index in [0.717, 1.165) is 22.4 Å². The van der Waals surface area contributed by atoms with Crippen molar-refractivity contribution in [1.29, 1.82) is 0 Å². The molecule has 0 amide bonds. The number of aromatic nitrogens is 3. The predicted octanol–water partition coefficient (Wildman–Crippen LogP) is 12.9. The van der Waals surface area contributed by atoms with Gasteiger partial charge in [0.25, 0.3) is 0 Å². The van der Waals surface area contributed by atoms with Crippen molar-refractivity contribution in [3.63, 3.8) is 0 Å². The molecule has 240 valence electrons. The lowest BCUT2D eigenvalue weighted by atomic mass is 9.98. The van der Waals surface area contributed by atoms with Crippen LogP contribution >= 0.6 is 0 Å². The van der Waals surface area contributed by atoms with Crippen LogP contribution in [0.15, 0.2) is 176 Å². The van der Waals surface area contributed by atoms with Crippen LogP contribution in [0.3, 0.4) is 0 Å². The fraction of sp³-hybridized carbons (Fsp3) is 0. The summed E-state index contributed by atoms with van der Waals surface area (Å²) >= 11 is 0. The topological polar surface area (TPSA) is 22.8 Å². The molecule has 52 heavy (non-hydrogen) atoms. The smallest absolute Gasteiger partial charge is 0.138 e. The van der Waals surface area contributed by atoms with Crippen LogP contribution in [0.1, 0.15) is 0 Å². The van der Waals surface area contributed by atoms with Crippen molar-refractivity contribution >= 4 is 65.3 Å². The van der Waals surface area contributed by atoms with E-state index in [-0.39, 0.29) is 0 Å². The van der Waals surface area contributed by atoms with Gasteiger partial charge in [-0.25, -0.2) is 4.98 Å².